The van der Waals surface area contributed by atoms with E-state index in [1.54, 1.807) is 12.1 Å². The van der Waals surface area contributed by atoms with Gasteiger partial charge in [0.2, 0.25) is 0 Å². The van der Waals surface area contributed by atoms with Crippen LogP contribution in [0.4, 0.5) is 0 Å². The maximum absolute atomic E-state index is 12.8. The molecule has 5 aromatic rings. The van der Waals surface area contributed by atoms with Gasteiger partial charge < -0.3 is 9.47 Å². The number of fused-ring (bicyclic) bond motifs is 2. The highest BCUT2D eigenvalue weighted by Gasteiger charge is 2.17. The van der Waals surface area contributed by atoms with E-state index in [4.69, 9.17) is 9.47 Å². The minimum atomic E-state index is -0.543. The van der Waals surface area contributed by atoms with Crippen molar-refractivity contribution in [3.63, 3.8) is 0 Å². The standard InChI is InChI=1S/C28H18O4S2/c29-27(31-25-21-7-3-1-5-17(21)13-15-23(25)33)19-9-11-20(12-10-19)28(30)32-26-22-8-4-2-6-18(22)14-16-24(26)34/h1-16,33-34H. The number of ether oxygens (including phenoxy) is 2. The van der Waals surface area contributed by atoms with E-state index in [2.05, 4.69) is 25.3 Å². The molecule has 0 aliphatic heterocycles. The van der Waals surface area contributed by atoms with Crippen molar-refractivity contribution in [3.8, 4) is 11.5 Å². The second kappa shape index (κ2) is 9.25. The third-order valence-corrected chi connectivity index (χ3v) is 6.17. The zero-order chi connectivity index (χ0) is 23.7. The summed E-state index contributed by atoms with van der Waals surface area (Å²) < 4.78 is 11.3. The number of thiol groups is 2. The van der Waals surface area contributed by atoms with Crippen molar-refractivity contribution in [1.82, 2.24) is 0 Å². The van der Waals surface area contributed by atoms with Gasteiger partial charge >= 0.3 is 11.9 Å². The first kappa shape index (κ1) is 22.1. The third-order valence-electron chi connectivity index (χ3n) is 5.46. The molecule has 0 saturated carbocycles. The largest absolute Gasteiger partial charge is 0.421 e. The van der Waals surface area contributed by atoms with Gasteiger partial charge in [-0.1, -0.05) is 60.7 Å². The van der Waals surface area contributed by atoms with Crippen LogP contribution in [0.25, 0.3) is 21.5 Å². The number of carbonyl (C=O) groups excluding carboxylic acids is 2. The zero-order valence-electron chi connectivity index (χ0n) is 17.8. The van der Waals surface area contributed by atoms with E-state index >= 15 is 0 Å². The molecule has 0 aromatic heterocycles. The predicted molar refractivity (Wildman–Crippen MR) is 139 cm³/mol. The van der Waals surface area contributed by atoms with E-state index < -0.39 is 11.9 Å². The molecule has 0 bridgehead atoms. The molecule has 34 heavy (non-hydrogen) atoms. The van der Waals surface area contributed by atoms with Gasteiger partial charge in [0.05, 0.1) is 11.1 Å². The Kier molecular flexibility index (Phi) is 6.01. The van der Waals surface area contributed by atoms with E-state index in [0.29, 0.717) is 32.4 Å². The summed E-state index contributed by atoms with van der Waals surface area (Å²) in [5.41, 5.74) is 0.606. The van der Waals surface area contributed by atoms with Crippen LogP contribution in [0.5, 0.6) is 11.5 Å². The molecule has 0 N–H and O–H groups in total. The molecule has 0 aliphatic rings. The second-order valence-corrected chi connectivity index (χ2v) is 8.59. The Hall–Kier alpha value is -3.74. The fraction of sp³-hybridized carbons (Fsp3) is 0. The molecule has 5 aromatic carbocycles. The van der Waals surface area contributed by atoms with Gasteiger partial charge in [0.15, 0.2) is 11.5 Å². The summed E-state index contributed by atoms with van der Waals surface area (Å²) in [4.78, 5) is 26.7. The van der Waals surface area contributed by atoms with Gasteiger partial charge in [-0.05, 0) is 47.2 Å². The van der Waals surface area contributed by atoms with Crippen molar-refractivity contribution in [2.24, 2.45) is 0 Å². The minimum Gasteiger partial charge on any atom is -0.421 e. The summed E-state index contributed by atoms with van der Waals surface area (Å²) in [5, 5.41) is 3.47. The molecule has 0 fully saturated rings. The monoisotopic (exact) mass is 482 g/mol. The van der Waals surface area contributed by atoms with Crippen LogP contribution < -0.4 is 9.47 Å². The Labute approximate surface area is 206 Å². The topological polar surface area (TPSA) is 52.6 Å². The molecular weight excluding hydrogens is 464 g/mol. The molecule has 166 valence electrons. The van der Waals surface area contributed by atoms with Crippen LogP contribution in [0, 0.1) is 0 Å². The number of hydrogen-bond acceptors (Lipinski definition) is 6. The van der Waals surface area contributed by atoms with E-state index in [-0.39, 0.29) is 0 Å². The summed E-state index contributed by atoms with van der Waals surface area (Å²) in [7, 11) is 0. The van der Waals surface area contributed by atoms with Crippen molar-refractivity contribution in [2.45, 2.75) is 9.79 Å². The van der Waals surface area contributed by atoms with Crippen LogP contribution in [0.2, 0.25) is 0 Å². The Balaban J connectivity index is 1.36. The van der Waals surface area contributed by atoms with Crippen molar-refractivity contribution >= 4 is 58.7 Å². The number of benzene rings is 5. The van der Waals surface area contributed by atoms with Crippen LogP contribution in [-0.4, -0.2) is 11.9 Å². The van der Waals surface area contributed by atoms with Gasteiger partial charge in [-0.15, -0.1) is 25.3 Å². The Bertz CT molecular complexity index is 1440. The van der Waals surface area contributed by atoms with Gasteiger partial charge in [-0.25, -0.2) is 9.59 Å². The van der Waals surface area contributed by atoms with Crippen molar-refractivity contribution < 1.29 is 19.1 Å². The van der Waals surface area contributed by atoms with E-state index in [9.17, 15) is 9.59 Å². The predicted octanol–water partition coefficient (Wildman–Crippen LogP) is 7.01. The molecule has 5 rings (SSSR count). The van der Waals surface area contributed by atoms with Crippen LogP contribution in [0.3, 0.4) is 0 Å². The lowest BCUT2D eigenvalue weighted by Gasteiger charge is -2.12. The molecule has 0 atom stereocenters. The highest BCUT2D eigenvalue weighted by Crippen LogP contribution is 2.34. The van der Waals surface area contributed by atoms with E-state index in [1.165, 1.54) is 24.3 Å². The maximum Gasteiger partial charge on any atom is 0.343 e. The molecule has 0 radical (unpaired) electrons. The van der Waals surface area contributed by atoms with Gasteiger partial charge in [-0.3, -0.25) is 0 Å². The van der Waals surface area contributed by atoms with E-state index in [0.717, 1.165) is 21.5 Å². The Morgan fingerprint density at radius 1 is 0.500 bits per heavy atom. The molecule has 0 saturated heterocycles. The Morgan fingerprint density at radius 3 is 1.29 bits per heavy atom. The van der Waals surface area contributed by atoms with Gasteiger partial charge in [-0.2, -0.15) is 0 Å². The molecular formula is C28H18O4S2. The summed E-state index contributed by atoms with van der Waals surface area (Å²) in [6.45, 7) is 0. The van der Waals surface area contributed by atoms with Crippen molar-refractivity contribution in [2.75, 3.05) is 0 Å². The first-order valence-electron chi connectivity index (χ1n) is 10.5. The number of rotatable bonds is 4. The highest BCUT2D eigenvalue weighted by atomic mass is 32.1. The molecule has 4 nitrogen and oxygen atoms in total. The summed E-state index contributed by atoms with van der Waals surface area (Å²) >= 11 is 8.88. The highest BCUT2D eigenvalue weighted by molar-refractivity contribution is 7.80. The minimum absolute atomic E-state index is 0.303. The summed E-state index contributed by atoms with van der Waals surface area (Å²) in [6.07, 6.45) is 0. The average Bonchev–Trinajstić information content (AvgIpc) is 2.87. The third kappa shape index (κ3) is 4.25. The summed E-state index contributed by atoms with van der Waals surface area (Å²) in [5.74, 6) is -0.295. The first-order chi connectivity index (χ1) is 16.5. The molecule has 0 heterocycles. The van der Waals surface area contributed by atoms with Crippen molar-refractivity contribution in [3.05, 3.63) is 108 Å². The maximum atomic E-state index is 12.8. The average molecular weight is 483 g/mol. The molecule has 0 amide bonds. The molecule has 0 aliphatic carbocycles. The van der Waals surface area contributed by atoms with E-state index in [1.807, 2.05) is 60.7 Å². The number of hydrogen-bond donors (Lipinski definition) is 2. The smallest absolute Gasteiger partial charge is 0.343 e. The Morgan fingerprint density at radius 2 is 0.882 bits per heavy atom. The lowest BCUT2D eigenvalue weighted by molar-refractivity contribution is 0.0718. The van der Waals surface area contributed by atoms with Crippen LogP contribution in [0.15, 0.2) is 107 Å². The fourth-order valence-electron chi connectivity index (χ4n) is 3.72. The normalized spacial score (nSPS) is 10.9. The quantitative estimate of drug-likeness (QED) is 0.164. The molecule has 0 spiro atoms. The zero-order valence-corrected chi connectivity index (χ0v) is 19.6. The van der Waals surface area contributed by atoms with Crippen LogP contribution >= 0.6 is 25.3 Å². The lowest BCUT2D eigenvalue weighted by Crippen LogP contribution is -2.12. The first-order valence-corrected chi connectivity index (χ1v) is 11.4. The number of esters is 2. The second-order valence-electron chi connectivity index (χ2n) is 7.63. The van der Waals surface area contributed by atoms with Crippen molar-refractivity contribution in [1.29, 1.82) is 0 Å². The SMILES string of the molecule is O=C(Oc1c(S)ccc2ccccc12)c1ccc(C(=O)Oc2c(S)ccc3ccccc23)cc1. The van der Waals surface area contributed by atoms with Crippen LogP contribution in [0.1, 0.15) is 20.7 Å². The van der Waals surface area contributed by atoms with Gasteiger partial charge in [0, 0.05) is 20.6 Å². The molecule has 6 heteroatoms. The summed E-state index contributed by atoms with van der Waals surface area (Å²) in [6, 6.07) is 28.8. The molecule has 0 unspecified atom stereocenters. The van der Waals surface area contributed by atoms with Crippen LogP contribution in [-0.2, 0) is 0 Å². The van der Waals surface area contributed by atoms with Gasteiger partial charge in [0.1, 0.15) is 0 Å². The lowest BCUT2D eigenvalue weighted by atomic mass is 10.1. The van der Waals surface area contributed by atoms with Gasteiger partial charge in [0.25, 0.3) is 0 Å². The fourth-order valence-corrected chi connectivity index (χ4v) is 4.20. The number of carbonyl (C=O) groups is 2.